The molecule has 3 amide bonds. The molecule has 0 bridgehead atoms. The predicted molar refractivity (Wildman–Crippen MR) is 113 cm³/mol. The zero-order valence-electron chi connectivity index (χ0n) is 17.5. The number of nitrogens with one attached hydrogen (secondary N) is 2. The van der Waals surface area contributed by atoms with E-state index in [1.807, 2.05) is 32.0 Å². The molecule has 0 saturated heterocycles. The fraction of sp³-hybridized carbons (Fsp3) is 0.500. The maximum absolute atomic E-state index is 13.0. The third-order valence-corrected chi connectivity index (χ3v) is 5.48. The Morgan fingerprint density at radius 3 is 2.48 bits per heavy atom. The first-order chi connectivity index (χ1) is 13.9. The van der Waals surface area contributed by atoms with Crippen molar-refractivity contribution in [3.63, 3.8) is 0 Å². The summed E-state index contributed by atoms with van der Waals surface area (Å²) in [5.41, 5.74) is 3.02. The number of amides is 3. The van der Waals surface area contributed by atoms with Gasteiger partial charge in [-0.25, -0.2) is 4.79 Å². The van der Waals surface area contributed by atoms with Gasteiger partial charge in [-0.15, -0.1) is 0 Å². The second-order valence-corrected chi connectivity index (χ2v) is 7.98. The molecular weight excluding hydrogens is 368 g/mol. The van der Waals surface area contributed by atoms with Crippen LogP contribution in [0.2, 0.25) is 0 Å². The minimum Gasteiger partial charge on any atom is -0.360 e. The molecule has 7 heteroatoms. The molecule has 156 valence electrons. The van der Waals surface area contributed by atoms with Gasteiger partial charge in [0.2, 0.25) is 5.91 Å². The molecule has 0 atom stereocenters. The highest BCUT2D eigenvalue weighted by molar-refractivity contribution is 5.96. The maximum atomic E-state index is 13.0. The Bertz CT molecular complexity index is 855. The monoisotopic (exact) mass is 398 g/mol. The van der Waals surface area contributed by atoms with E-state index in [-0.39, 0.29) is 18.5 Å². The lowest BCUT2D eigenvalue weighted by Gasteiger charge is -2.29. The Balaban J connectivity index is 1.67. The van der Waals surface area contributed by atoms with Crippen molar-refractivity contribution >= 4 is 23.4 Å². The van der Waals surface area contributed by atoms with E-state index in [2.05, 4.69) is 15.8 Å². The second kappa shape index (κ2) is 9.58. The number of aromatic nitrogens is 1. The molecule has 1 aliphatic carbocycles. The first-order valence-corrected chi connectivity index (χ1v) is 10.3. The number of hydrogen-bond acceptors (Lipinski definition) is 4. The molecule has 0 unspecified atom stereocenters. The van der Waals surface area contributed by atoms with Gasteiger partial charge in [0, 0.05) is 18.3 Å². The summed E-state index contributed by atoms with van der Waals surface area (Å²) >= 11 is 0. The molecule has 1 heterocycles. The maximum Gasteiger partial charge on any atom is 0.322 e. The third kappa shape index (κ3) is 6.07. The number of carbonyl (C=O) groups excluding carboxylic acids is 2. The summed E-state index contributed by atoms with van der Waals surface area (Å²) in [7, 11) is 0. The topological polar surface area (TPSA) is 87.5 Å². The molecule has 7 nitrogen and oxygen atoms in total. The first kappa shape index (κ1) is 20.9. The van der Waals surface area contributed by atoms with Gasteiger partial charge in [-0.05, 0) is 62.8 Å². The highest BCUT2D eigenvalue weighted by atomic mass is 16.5. The van der Waals surface area contributed by atoms with Gasteiger partial charge in [0.25, 0.3) is 0 Å². The quantitative estimate of drug-likeness (QED) is 0.741. The van der Waals surface area contributed by atoms with E-state index < -0.39 is 0 Å². The smallest absolute Gasteiger partial charge is 0.322 e. The van der Waals surface area contributed by atoms with Crippen molar-refractivity contribution < 1.29 is 14.1 Å². The summed E-state index contributed by atoms with van der Waals surface area (Å²) in [4.78, 5) is 27.1. The van der Waals surface area contributed by atoms with Crippen LogP contribution in [0.4, 0.5) is 16.3 Å². The summed E-state index contributed by atoms with van der Waals surface area (Å²) in [6.07, 6.45) is 5.80. The summed E-state index contributed by atoms with van der Waals surface area (Å²) in [5, 5.41) is 9.43. The molecule has 1 aliphatic rings. The molecule has 1 saturated carbocycles. The molecule has 1 aromatic carbocycles. The van der Waals surface area contributed by atoms with Crippen LogP contribution in [-0.2, 0) is 4.79 Å². The number of anilines is 2. The number of rotatable bonds is 6. The van der Waals surface area contributed by atoms with E-state index in [0.29, 0.717) is 24.0 Å². The zero-order chi connectivity index (χ0) is 20.8. The first-order valence-electron chi connectivity index (χ1n) is 10.3. The fourth-order valence-electron chi connectivity index (χ4n) is 3.70. The minimum atomic E-state index is -0.288. The highest BCUT2D eigenvalue weighted by Gasteiger charge is 2.23. The van der Waals surface area contributed by atoms with Crippen molar-refractivity contribution in [3.8, 4) is 0 Å². The normalized spacial score (nSPS) is 14.4. The van der Waals surface area contributed by atoms with E-state index in [4.69, 9.17) is 4.52 Å². The van der Waals surface area contributed by atoms with Crippen LogP contribution in [0.5, 0.6) is 0 Å². The van der Waals surface area contributed by atoms with Crippen LogP contribution in [0.25, 0.3) is 0 Å². The number of aryl methyl sites for hydroxylation is 3. The Kier molecular flexibility index (Phi) is 6.90. The average Bonchev–Trinajstić information content (AvgIpc) is 3.09. The van der Waals surface area contributed by atoms with Crippen LogP contribution in [0.3, 0.4) is 0 Å². The molecule has 1 aromatic heterocycles. The van der Waals surface area contributed by atoms with Gasteiger partial charge in [0.05, 0.1) is 0 Å². The van der Waals surface area contributed by atoms with Gasteiger partial charge in [0.15, 0.2) is 5.82 Å². The summed E-state index contributed by atoms with van der Waals surface area (Å²) in [6.45, 7) is 6.35. The number of carbonyl (C=O) groups is 2. The Hall–Kier alpha value is -2.83. The van der Waals surface area contributed by atoms with Crippen molar-refractivity contribution in [2.75, 3.05) is 23.7 Å². The van der Waals surface area contributed by atoms with Gasteiger partial charge >= 0.3 is 6.03 Å². The predicted octanol–water partition coefficient (Wildman–Crippen LogP) is 4.65. The summed E-state index contributed by atoms with van der Waals surface area (Å²) in [5.74, 6) is 1.12. The number of urea groups is 1. The van der Waals surface area contributed by atoms with Crippen molar-refractivity contribution in [2.24, 2.45) is 5.92 Å². The van der Waals surface area contributed by atoms with Crippen LogP contribution < -0.4 is 10.6 Å². The lowest BCUT2D eigenvalue weighted by atomic mass is 9.89. The summed E-state index contributed by atoms with van der Waals surface area (Å²) < 4.78 is 4.98. The highest BCUT2D eigenvalue weighted by Crippen LogP contribution is 2.25. The molecule has 2 N–H and O–H groups in total. The van der Waals surface area contributed by atoms with Crippen LogP contribution in [0.15, 0.2) is 28.8 Å². The van der Waals surface area contributed by atoms with E-state index in [1.165, 1.54) is 24.8 Å². The van der Waals surface area contributed by atoms with Gasteiger partial charge in [-0.1, -0.05) is 30.5 Å². The molecule has 3 rings (SSSR count). The molecule has 0 aliphatic heterocycles. The average molecular weight is 399 g/mol. The van der Waals surface area contributed by atoms with Gasteiger partial charge in [0.1, 0.15) is 12.3 Å². The SMILES string of the molecule is Cc1cc(NC(=O)CN(CC2CCCCC2)C(=O)Nc2ccc(C)c(C)c2)no1. The zero-order valence-corrected chi connectivity index (χ0v) is 17.5. The summed E-state index contributed by atoms with van der Waals surface area (Å²) in [6, 6.07) is 7.21. The van der Waals surface area contributed by atoms with Gasteiger partial charge < -0.3 is 20.1 Å². The Morgan fingerprint density at radius 1 is 1.07 bits per heavy atom. The van der Waals surface area contributed by atoms with E-state index in [1.54, 1.807) is 17.9 Å². The third-order valence-electron chi connectivity index (χ3n) is 5.48. The van der Waals surface area contributed by atoms with E-state index in [9.17, 15) is 9.59 Å². The molecule has 2 aromatic rings. The fourth-order valence-corrected chi connectivity index (χ4v) is 3.70. The van der Waals surface area contributed by atoms with Crippen LogP contribution in [-0.4, -0.2) is 35.1 Å². The standard InChI is InChI=1S/C22H30N4O3/c1-15-9-10-19(11-16(15)2)23-22(28)26(13-18-7-5-4-6-8-18)14-21(27)24-20-12-17(3)29-25-20/h9-12,18H,4-8,13-14H2,1-3H3,(H,23,28)(H,24,25,27). The molecule has 29 heavy (non-hydrogen) atoms. The molecular formula is C22H30N4O3. The minimum absolute atomic E-state index is 0.0287. The lowest BCUT2D eigenvalue weighted by Crippen LogP contribution is -2.43. The van der Waals surface area contributed by atoms with Crippen LogP contribution in [0, 0.1) is 26.7 Å². The Morgan fingerprint density at radius 2 is 1.83 bits per heavy atom. The van der Waals surface area contributed by atoms with Gasteiger partial charge in [-0.2, -0.15) is 0 Å². The van der Waals surface area contributed by atoms with Crippen molar-refractivity contribution in [2.45, 2.75) is 52.9 Å². The number of hydrogen-bond donors (Lipinski definition) is 2. The molecule has 0 spiro atoms. The van der Waals surface area contributed by atoms with Crippen molar-refractivity contribution in [3.05, 3.63) is 41.2 Å². The Labute approximate surface area is 171 Å². The van der Waals surface area contributed by atoms with Crippen molar-refractivity contribution in [1.29, 1.82) is 0 Å². The number of nitrogens with zero attached hydrogens (tertiary/aromatic N) is 2. The van der Waals surface area contributed by atoms with E-state index in [0.717, 1.165) is 24.1 Å². The van der Waals surface area contributed by atoms with Gasteiger partial charge in [-0.3, -0.25) is 4.79 Å². The second-order valence-electron chi connectivity index (χ2n) is 7.98. The van der Waals surface area contributed by atoms with Crippen LogP contribution >= 0.6 is 0 Å². The number of benzene rings is 1. The molecule has 1 fully saturated rings. The largest absolute Gasteiger partial charge is 0.360 e. The lowest BCUT2D eigenvalue weighted by molar-refractivity contribution is -0.116. The van der Waals surface area contributed by atoms with E-state index >= 15 is 0 Å². The molecule has 0 radical (unpaired) electrons. The van der Waals surface area contributed by atoms with Crippen LogP contribution in [0.1, 0.15) is 49.0 Å². The van der Waals surface area contributed by atoms with Crippen molar-refractivity contribution in [1.82, 2.24) is 10.1 Å².